The van der Waals surface area contributed by atoms with Crippen molar-refractivity contribution in [2.45, 2.75) is 45.6 Å². The highest BCUT2D eigenvalue weighted by atomic mass is 127. The summed E-state index contributed by atoms with van der Waals surface area (Å²) in [5, 5.41) is 2.95. The van der Waals surface area contributed by atoms with E-state index in [0.717, 1.165) is 22.1 Å². The zero-order valence-corrected chi connectivity index (χ0v) is 16.6. The maximum atomic E-state index is 12.2. The van der Waals surface area contributed by atoms with Gasteiger partial charge in [0, 0.05) is 28.8 Å². The first-order valence-electron chi connectivity index (χ1n) is 8.26. The van der Waals surface area contributed by atoms with Crippen LogP contribution in [-0.2, 0) is 9.53 Å². The van der Waals surface area contributed by atoms with Gasteiger partial charge in [0.25, 0.3) is 0 Å². The van der Waals surface area contributed by atoms with E-state index in [1.165, 1.54) is 0 Å². The lowest BCUT2D eigenvalue weighted by atomic mass is 9.93. The smallest absolute Gasteiger partial charge is 0.410 e. The lowest BCUT2D eigenvalue weighted by molar-refractivity contribution is -0.117. The number of hydrogen-bond acceptors (Lipinski definition) is 3. The Bertz CT molecular complexity index is 590. The Morgan fingerprint density at radius 1 is 1.29 bits per heavy atom. The highest BCUT2D eigenvalue weighted by molar-refractivity contribution is 14.1. The van der Waals surface area contributed by atoms with Gasteiger partial charge in [-0.2, -0.15) is 0 Å². The average molecular weight is 444 g/mol. The number of benzene rings is 1. The molecule has 1 heterocycles. The minimum atomic E-state index is -0.471. The second-order valence-electron chi connectivity index (χ2n) is 7.17. The fourth-order valence-electron chi connectivity index (χ4n) is 2.69. The molecule has 1 aromatic carbocycles. The van der Waals surface area contributed by atoms with Crippen molar-refractivity contribution in [1.82, 2.24) is 4.90 Å². The van der Waals surface area contributed by atoms with Gasteiger partial charge in [0.15, 0.2) is 0 Å². The van der Waals surface area contributed by atoms with E-state index in [1.807, 2.05) is 45.0 Å². The maximum Gasteiger partial charge on any atom is 0.410 e. The number of likely N-dealkylation sites (tertiary alicyclic amines) is 1. The van der Waals surface area contributed by atoms with E-state index in [9.17, 15) is 9.59 Å². The standard InChI is InChI=1S/C18H25IN2O3/c1-18(2,3)24-17(23)21-9-7-13(8-10-21)11-16(22)20-15-6-4-5-14(19)12-15/h4-6,12-13H,7-11H2,1-3H3,(H,20,22). The monoisotopic (exact) mass is 444 g/mol. The maximum absolute atomic E-state index is 12.2. The molecule has 0 aliphatic carbocycles. The third-order valence-electron chi connectivity index (χ3n) is 3.85. The number of halogens is 1. The molecule has 6 heteroatoms. The van der Waals surface area contributed by atoms with Crippen molar-refractivity contribution < 1.29 is 14.3 Å². The quantitative estimate of drug-likeness (QED) is 0.709. The van der Waals surface area contributed by atoms with Crippen LogP contribution in [-0.4, -0.2) is 35.6 Å². The number of nitrogens with one attached hydrogen (secondary N) is 1. The third-order valence-corrected chi connectivity index (χ3v) is 4.52. The van der Waals surface area contributed by atoms with Gasteiger partial charge >= 0.3 is 6.09 Å². The molecule has 132 valence electrons. The fourth-order valence-corrected chi connectivity index (χ4v) is 3.23. The van der Waals surface area contributed by atoms with E-state index in [0.29, 0.717) is 25.4 Å². The van der Waals surface area contributed by atoms with Gasteiger partial charge in [-0.3, -0.25) is 4.79 Å². The molecular weight excluding hydrogens is 419 g/mol. The van der Waals surface area contributed by atoms with Gasteiger partial charge in [0.05, 0.1) is 0 Å². The molecule has 0 unspecified atom stereocenters. The molecule has 0 saturated carbocycles. The van der Waals surface area contributed by atoms with Crippen molar-refractivity contribution in [2.24, 2.45) is 5.92 Å². The predicted octanol–water partition coefficient (Wildman–Crippen LogP) is 4.27. The third kappa shape index (κ3) is 6.30. The number of piperidine rings is 1. The van der Waals surface area contributed by atoms with E-state index < -0.39 is 5.60 Å². The molecule has 1 aliphatic heterocycles. The topological polar surface area (TPSA) is 58.6 Å². The van der Waals surface area contributed by atoms with E-state index in [1.54, 1.807) is 4.90 Å². The van der Waals surface area contributed by atoms with Crippen LogP contribution in [0.5, 0.6) is 0 Å². The predicted molar refractivity (Wildman–Crippen MR) is 103 cm³/mol. The van der Waals surface area contributed by atoms with Crippen molar-refractivity contribution in [3.8, 4) is 0 Å². The van der Waals surface area contributed by atoms with Crippen molar-refractivity contribution in [2.75, 3.05) is 18.4 Å². The number of ether oxygens (including phenoxy) is 1. The van der Waals surface area contributed by atoms with Crippen LogP contribution < -0.4 is 5.32 Å². The second kappa shape index (κ2) is 8.18. The Morgan fingerprint density at radius 2 is 1.96 bits per heavy atom. The van der Waals surface area contributed by atoms with Crippen LogP contribution in [0.1, 0.15) is 40.0 Å². The molecule has 1 N–H and O–H groups in total. The first-order chi connectivity index (χ1) is 11.2. The number of amides is 2. The van der Waals surface area contributed by atoms with Gasteiger partial charge in [-0.25, -0.2) is 4.79 Å². The Balaban J connectivity index is 1.76. The SMILES string of the molecule is CC(C)(C)OC(=O)N1CCC(CC(=O)Nc2cccc(I)c2)CC1. The molecule has 1 fully saturated rings. The van der Waals surface area contributed by atoms with E-state index in [-0.39, 0.29) is 12.0 Å². The van der Waals surface area contributed by atoms with Crippen molar-refractivity contribution in [1.29, 1.82) is 0 Å². The summed E-state index contributed by atoms with van der Waals surface area (Å²) >= 11 is 2.22. The molecule has 5 nitrogen and oxygen atoms in total. The second-order valence-corrected chi connectivity index (χ2v) is 8.42. The van der Waals surface area contributed by atoms with Gasteiger partial charge in [-0.05, 0) is 80.3 Å². The normalized spacial score (nSPS) is 15.9. The molecule has 0 spiro atoms. The summed E-state index contributed by atoms with van der Waals surface area (Å²) in [5.74, 6) is 0.346. The average Bonchev–Trinajstić information content (AvgIpc) is 2.46. The first kappa shape index (κ1) is 19.0. The van der Waals surface area contributed by atoms with Crippen LogP contribution in [0, 0.1) is 9.49 Å². The fraction of sp³-hybridized carbons (Fsp3) is 0.556. The molecule has 1 saturated heterocycles. The van der Waals surface area contributed by atoms with Gasteiger partial charge in [0.1, 0.15) is 5.60 Å². The summed E-state index contributed by atoms with van der Waals surface area (Å²) in [5.41, 5.74) is 0.360. The number of carbonyl (C=O) groups excluding carboxylic acids is 2. The number of anilines is 1. The Labute approximate surface area is 157 Å². The number of hydrogen-bond donors (Lipinski definition) is 1. The summed E-state index contributed by atoms with van der Waals surface area (Å²) in [6, 6.07) is 7.76. The molecular formula is C18H25IN2O3. The zero-order chi connectivity index (χ0) is 17.7. The minimum Gasteiger partial charge on any atom is -0.444 e. The molecule has 0 bridgehead atoms. The van der Waals surface area contributed by atoms with E-state index in [4.69, 9.17) is 4.74 Å². The van der Waals surface area contributed by atoms with Crippen LogP contribution in [0.15, 0.2) is 24.3 Å². The van der Waals surface area contributed by atoms with Crippen LogP contribution in [0.4, 0.5) is 10.5 Å². The van der Waals surface area contributed by atoms with Crippen LogP contribution >= 0.6 is 22.6 Å². The minimum absolute atomic E-state index is 0.0349. The summed E-state index contributed by atoms with van der Waals surface area (Å²) in [7, 11) is 0. The van der Waals surface area contributed by atoms with Crippen molar-refractivity contribution in [3.63, 3.8) is 0 Å². The summed E-state index contributed by atoms with van der Waals surface area (Å²) in [6.07, 6.45) is 1.90. The Morgan fingerprint density at radius 3 is 2.54 bits per heavy atom. The highest BCUT2D eigenvalue weighted by Crippen LogP contribution is 2.23. The summed E-state index contributed by atoms with van der Waals surface area (Å²) in [4.78, 5) is 26.0. The van der Waals surface area contributed by atoms with Crippen molar-refractivity contribution >= 4 is 40.3 Å². The van der Waals surface area contributed by atoms with Crippen LogP contribution in [0.2, 0.25) is 0 Å². The number of rotatable bonds is 3. The molecule has 2 amide bonds. The Kier molecular flexibility index (Phi) is 6.48. The Hall–Kier alpha value is -1.31. The largest absolute Gasteiger partial charge is 0.444 e. The van der Waals surface area contributed by atoms with Gasteiger partial charge < -0.3 is 15.0 Å². The molecule has 0 aromatic heterocycles. The van der Waals surface area contributed by atoms with Gasteiger partial charge in [0.2, 0.25) is 5.91 Å². The summed E-state index contributed by atoms with van der Waals surface area (Å²) in [6.45, 7) is 6.90. The van der Waals surface area contributed by atoms with Crippen LogP contribution in [0.25, 0.3) is 0 Å². The molecule has 0 atom stereocenters. The molecule has 1 aliphatic rings. The lowest BCUT2D eigenvalue weighted by Gasteiger charge is -2.33. The molecule has 2 rings (SSSR count). The summed E-state index contributed by atoms with van der Waals surface area (Å²) < 4.78 is 6.48. The number of nitrogens with zero attached hydrogens (tertiary/aromatic N) is 1. The molecule has 0 radical (unpaired) electrons. The van der Waals surface area contributed by atoms with Crippen LogP contribution in [0.3, 0.4) is 0 Å². The zero-order valence-electron chi connectivity index (χ0n) is 14.5. The van der Waals surface area contributed by atoms with Gasteiger partial charge in [-0.1, -0.05) is 6.07 Å². The van der Waals surface area contributed by atoms with Crippen molar-refractivity contribution in [3.05, 3.63) is 27.8 Å². The first-order valence-corrected chi connectivity index (χ1v) is 9.34. The van der Waals surface area contributed by atoms with Gasteiger partial charge in [-0.15, -0.1) is 0 Å². The highest BCUT2D eigenvalue weighted by Gasteiger charge is 2.27. The molecule has 1 aromatic rings. The number of carbonyl (C=O) groups is 2. The lowest BCUT2D eigenvalue weighted by Crippen LogP contribution is -2.42. The van der Waals surface area contributed by atoms with E-state index >= 15 is 0 Å². The molecule has 24 heavy (non-hydrogen) atoms. The van der Waals surface area contributed by atoms with E-state index in [2.05, 4.69) is 27.9 Å².